The molecule has 3 unspecified atom stereocenters. The molecule has 0 spiro atoms. The number of likely N-dealkylation sites (N-methyl/N-ethyl adjacent to an activating group) is 1. The number of hydrogen-bond donors (Lipinski definition) is 1. The molecule has 1 aliphatic rings. The molecule has 0 aromatic rings. The summed E-state index contributed by atoms with van der Waals surface area (Å²) in [6, 6.07) is 0.238. The average Bonchev–Trinajstić information content (AvgIpc) is 2.43. The Morgan fingerprint density at radius 3 is 2.65 bits per heavy atom. The second-order valence-corrected chi connectivity index (χ2v) is 8.66. The van der Waals surface area contributed by atoms with Crippen molar-refractivity contribution in [3.8, 4) is 0 Å². The van der Waals surface area contributed by atoms with Crippen LogP contribution in [0.5, 0.6) is 0 Å². The number of rotatable bonds is 8. The molecule has 3 atom stereocenters. The zero-order chi connectivity index (χ0) is 15.2. The van der Waals surface area contributed by atoms with Gasteiger partial charge in [0.1, 0.15) is 9.84 Å². The van der Waals surface area contributed by atoms with Crippen LogP contribution in [0.1, 0.15) is 52.4 Å². The van der Waals surface area contributed by atoms with Gasteiger partial charge in [0.25, 0.3) is 0 Å². The van der Waals surface area contributed by atoms with Crippen molar-refractivity contribution in [3.05, 3.63) is 0 Å². The molecule has 1 N–H and O–H groups in total. The maximum atomic E-state index is 11.6. The highest BCUT2D eigenvalue weighted by Gasteiger charge is 2.41. The molecular weight excluding hydrogens is 274 g/mol. The first kappa shape index (κ1) is 17.9. The predicted octanol–water partition coefficient (Wildman–Crippen LogP) is 2.38. The van der Waals surface area contributed by atoms with E-state index in [4.69, 9.17) is 4.74 Å². The van der Waals surface area contributed by atoms with E-state index in [1.54, 1.807) is 14.0 Å². The third-order valence-electron chi connectivity index (χ3n) is 4.77. The molecule has 0 saturated heterocycles. The van der Waals surface area contributed by atoms with Gasteiger partial charge in [-0.2, -0.15) is 0 Å². The van der Waals surface area contributed by atoms with Crippen molar-refractivity contribution in [2.75, 3.05) is 25.7 Å². The summed E-state index contributed by atoms with van der Waals surface area (Å²) >= 11 is 0. The van der Waals surface area contributed by atoms with Crippen molar-refractivity contribution in [3.63, 3.8) is 0 Å². The maximum absolute atomic E-state index is 11.6. The monoisotopic (exact) mass is 305 g/mol. The van der Waals surface area contributed by atoms with E-state index in [2.05, 4.69) is 12.2 Å². The van der Waals surface area contributed by atoms with Crippen molar-refractivity contribution in [1.82, 2.24) is 5.32 Å². The molecule has 0 aliphatic heterocycles. The van der Waals surface area contributed by atoms with E-state index in [1.165, 1.54) is 12.8 Å². The number of nitrogens with one attached hydrogen (secondary N) is 1. The quantitative estimate of drug-likeness (QED) is 0.748. The molecule has 1 rings (SSSR count). The number of methoxy groups -OCH3 is 1. The molecule has 0 radical (unpaired) electrons. The lowest BCUT2D eigenvalue weighted by Crippen LogP contribution is -2.53. The Bertz CT molecular complexity index is 383. The van der Waals surface area contributed by atoms with Gasteiger partial charge in [-0.15, -0.1) is 0 Å². The first-order valence-corrected chi connectivity index (χ1v) is 9.64. The summed E-state index contributed by atoms with van der Waals surface area (Å²) in [4.78, 5) is 0. The van der Waals surface area contributed by atoms with Crippen molar-refractivity contribution < 1.29 is 13.2 Å². The summed E-state index contributed by atoms with van der Waals surface area (Å²) < 4.78 is 29.1. The minimum absolute atomic E-state index is 0.123. The van der Waals surface area contributed by atoms with E-state index < -0.39 is 9.84 Å². The minimum atomic E-state index is -2.86. The average molecular weight is 305 g/mol. The van der Waals surface area contributed by atoms with Crippen molar-refractivity contribution in [2.24, 2.45) is 5.92 Å². The van der Waals surface area contributed by atoms with Gasteiger partial charge in [0.15, 0.2) is 0 Å². The van der Waals surface area contributed by atoms with Crippen LogP contribution in [0.2, 0.25) is 0 Å². The fourth-order valence-electron chi connectivity index (χ4n) is 3.51. The molecule has 1 saturated carbocycles. The van der Waals surface area contributed by atoms with E-state index in [1.807, 2.05) is 7.05 Å². The van der Waals surface area contributed by atoms with Gasteiger partial charge in [-0.05, 0) is 38.6 Å². The first-order valence-electron chi connectivity index (χ1n) is 7.82. The van der Waals surface area contributed by atoms with Crippen LogP contribution in [0.4, 0.5) is 0 Å². The van der Waals surface area contributed by atoms with Gasteiger partial charge in [0, 0.05) is 18.9 Å². The van der Waals surface area contributed by atoms with Gasteiger partial charge in [0.05, 0.1) is 11.4 Å². The number of ether oxygens (including phenoxy) is 1. The van der Waals surface area contributed by atoms with Crippen LogP contribution < -0.4 is 5.32 Å². The Morgan fingerprint density at radius 1 is 1.45 bits per heavy atom. The molecule has 1 aliphatic carbocycles. The molecule has 5 heteroatoms. The van der Waals surface area contributed by atoms with E-state index in [9.17, 15) is 8.42 Å². The van der Waals surface area contributed by atoms with Crippen LogP contribution in [-0.2, 0) is 14.6 Å². The van der Waals surface area contributed by atoms with Crippen LogP contribution in [0, 0.1) is 5.92 Å². The van der Waals surface area contributed by atoms with Crippen molar-refractivity contribution >= 4 is 9.84 Å². The third kappa shape index (κ3) is 4.71. The highest BCUT2D eigenvalue weighted by molar-refractivity contribution is 7.91. The number of sulfone groups is 1. The summed E-state index contributed by atoms with van der Waals surface area (Å²) in [6.07, 6.45) is 6.17. The molecule has 1 fully saturated rings. The van der Waals surface area contributed by atoms with Gasteiger partial charge in [-0.1, -0.05) is 26.7 Å². The van der Waals surface area contributed by atoms with Crippen LogP contribution in [0.3, 0.4) is 0 Å². The van der Waals surface area contributed by atoms with E-state index in [0.29, 0.717) is 12.3 Å². The Labute approximate surface area is 124 Å². The standard InChI is InChI=1S/C15H31NO3S/c1-5-20(17,18)11-7-9-14(16-3)15(19-4)10-6-8-13(2)12-15/h13-14,16H,5-12H2,1-4H3. The normalized spacial score (nSPS) is 29.3. The second kappa shape index (κ2) is 7.76. The van der Waals surface area contributed by atoms with E-state index >= 15 is 0 Å². The Balaban J connectivity index is 2.63. The van der Waals surface area contributed by atoms with Crippen LogP contribution in [0.15, 0.2) is 0 Å². The fraction of sp³-hybridized carbons (Fsp3) is 1.00. The SMILES string of the molecule is CCS(=O)(=O)CCCC(NC)C1(OC)CCCC(C)C1. The smallest absolute Gasteiger partial charge is 0.150 e. The highest BCUT2D eigenvalue weighted by Crippen LogP contribution is 2.38. The van der Waals surface area contributed by atoms with Gasteiger partial charge >= 0.3 is 0 Å². The van der Waals surface area contributed by atoms with Crippen molar-refractivity contribution in [2.45, 2.75) is 64.0 Å². The zero-order valence-electron chi connectivity index (χ0n) is 13.4. The van der Waals surface area contributed by atoms with Gasteiger partial charge in [0.2, 0.25) is 0 Å². The highest BCUT2D eigenvalue weighted by atomic mass is 32.2. The lowest BCUT2D eigenvalue weighted by Gasteiger charge is -2.44. The third-order valence-corrected chi connectivity index (χ3v) is 6.56. The summed E-state index contributed by atoms with van der Waals surface area (Å²) in [5.74, 6) is 1.21. The maximum Gasteiger partial charge on any atom is 0.150 e. The van der Waals surface area contributed by atoms with Crippen molar-refractivity contribution in [1.29, 1.82) is 0 Å². The zero-order valence-corrected chi connectivity index (χ0v) is 14.3. The Hall–Kier alpha value is -0.130. The molecule has 0 aromatic carbocycles. The van der Waals surface area contributed by atoms with Gasteiger partial charge in [-0.3, -0.25) is 0 Å². The predicted molar refractivity (Wildman–Crippen MR) is 83.8 cm³/mol. The molecule has 0 aromatic heterocycles. The lowest BCUT2D eigenvalue weighted by molar-refractivity contribution is -0.0794. The Morgan fingerprint density at radius 2 is 2.15 bits per heavy atom. The van der Waals surface area contributed by atoms with E-state index in [0.717, 1.165) is 19.3 Å². The van der Waals surface area contributed by atoms with Gasteiger partial charge in [-0.25, -0.2) is 8.42 Å². The molecule has 0 heterocycles. The minimum Gasteiger partial charge on any atom is -0.377 e. The second-order valence-electron chi connectivity index (χ2n) is 6.19. The number of hydrogen-bond acceptors (Lipinski definition) is 4. The van der Waals surface area contributed by atoms with E-state index in [-0.39, 0.29) is 23.1 Å². The topological polar surface area (TPSA) is 55.4 Å². The Kier molecular flexibility index (Phi) is 6.95. The molecule has 0 amide bonds. The molecule has 0 bridgehead atoms. The molecule has 20 heavy (non-hydrogen) atoms. The van der Waals surface area contributed by atoms with Crippen LogP contribution in [0.25, 0.3) is 0 Å². The summed E-state index contributed by atoms with van der Waals surface area (Å²) in [5.41, 5.74) is -0.123. The largest absolute Gasteiger partial charge is 0.377 e. The summed E-state index contributed by atoms with van der Waals surface area (Å²) in [5, 5.41) is 3.37. The summed E-state index contributed by atoms with van der Waals surface area (Å²) in [7, 11) is 0.894. The molecule has 4 nitrogen and oxygen atoms in total. The summed E-state index contributed by atoms with van der Waals surface area (Å²) in [6.45, 7) is 3.99. The fourth-order valence-corrected chi connectivity index (χ4v) is 4.41. The first-order chi connectivity index (χ1) is 9.39. The molecular formula is C15H31NO3S. The lowest BCUT2D eigenvalue weighted by atomic mass is 9.73. The van der Waals surface area contributed by atoms with Crippen LogP contribution in [-0.4, -0.2) is 45.7 Å². The van der Waals surface area contributed by atoms with Crippen LogP contribution >= 0.6 is 0 Å². The molecule has 120 valence electrons. The van der Waals surface area contributed by atoms with Gasteiger partial charge < -0.3 is 10.1 Å².